The highest BCUT2D eigenvalue weighted by molar-refractivity contribution is 8.00. The zero-order chi connectivity index (χ0) is 13.9. The van der Waals surface area contributed by atoms with E-state index < -0.39 is 0 Å². The lowest BCUT2D eigenvalue weighted by atomic mass is 10.1. The summed E-state index contributed by atoms with van der Waals surface area (Å²) in [4.78, 5) is 15.8. The molecule has 1 rings (SSSR count). The van der Waals surface area contributed by atoms with Gasteiger partial charge in [0.1, 0.15) is 0 Å². The zero-order valence-corrected chi connectivity index (χ0v) is 12.6. The van der Waals surface area contributed by atoms with Crippen LogP contribution >= 0.6 is 11.8 Å². The first-order valence-electron chi connectivity index (χ1n) is 6.41. The maximum atomic E-state index is 11.3. The molecule has 0 saturated heterocycles. The molecule has 0 fully saturated rings. The number of nitrogens with zero attached hydrogens (tertiary/aromatic N) is 2. The molecule has 102 valence electrons. The van der Waals surface area contributed by atoms with Gasteiger partial charge in [-0.15, -0.1) is 0 Å². The Morgan fingerprint density at radius 2 is 2.06 bits per heavy atom. The Balaban J connectivity index is 3.06. The number of carbonyl (C=O) groups is 1. The molecule has 18 heavy (non-hydrogen) atoms. The van der Waals surface area contributed by atoms with Crippen LogP contribution in [-0.2, 0) is 4.79 Å². The molecule has 2 N–H and O–H groups in total. The van der Waals surface area contributed by atoms with Crippen LogP contribution in [0, 0.1) is 0 Å². The molecule has 1 aromatic rings. The van der Waals surface area contributed by atoms with Crippen LogP contribution in [0.1, 0.15) is 58.7 Å². The summed E-state index contributed by atoms with van der Waals surface area (Å²) in [5, 5.41) is 0.685. The van der Waals surface area contributed by atoms with Gasteiger partial charge in [-0.1, -0.05) is 32.5 Å². The van der Waals surface area contributed by atoms with Crippen molar-refractivity contribution in [2.45, 2.75) is 63.4 Å². The second kappa shape index (κ2) is 6.27. The molecule has 0 radical (unpaired) electrons. The summed E-state index contributed by atoms with van der Waals surface area (Å²) < 4.78 is 2.20. The largest absolute Gasteiger partial charge is 0.369 e. The van der Waals surface area contributed by atoms with Crippen molar-refractivity contribution in [2.24, 2.45) is 5.73 Å². The van der Waals surface area contributed by atoms with E-state index in [1.165, 1.54) is 17.5 Å². The Labute approximate surface area is 113 Å². The number of primary amides is 1. The second-order valence-electron chi connectivity index (χ2n) is 5.00. The summed E-state index contributed by atoms with van der Waals surface area (Å²) in [6.45, 7) is 10.5. The van der Waals surface area contributed by atoms with E-state index in [-0.39, 0.29) is 11.2 Å². The van der Waals surface area contributed by atoms with Gasteiger partial charge in [0.25, 0.3) is 0 Å². The average Bonchev–Trinajstić information content (AvgIpc) is 2.68. The van der Waals surface area contributed by atoms with E-state index in [4.69, 9.17) is 5.73 Å². The SMILES string of the molecule is CC[C@H](Sc1ncc(C(C)C)n1C(C)C)C(N)=O. The maximum Gasteiger partial charge on any atom is 0.231 e. The number of imidazole rings is 1. The second-order valence-corrected chi connectivity index (χ2v) is 6.17. The Morgan fingerprint density at radius 1 is 1.44 bits per heavy atom. The standard InChI is InChI=1S/C13H23N3OS/c1-6-11(12(14)17)18-13-15-7-10(8(2)3)16(13)9(4)5/h7-9,11H,6H2,1-5H3,(H2,14,17)/t11-/m0/s1. The monoisotopic (exact) mass is 269 g/mol. The molecule has 0 saturated carbocycles. The third-order valence-corrected chi connectivity index (χ3v) is 4.20. The van der Waals surface area contributed by atoms with Crippen molar-refractivity contribution in [2.75, 3.05) is 0 Å². The summed E-state index contributed by atoms with van der Waals surface area (Å²) in [5.74, 6) is 0.148. The molecule has 0 bridgehead atoms. The average molecular weight is 269 g/mol. The predicted molar refractivity (Wildman–Crippen MR) is 75.8 cm³/mol. The number of carbonyl (C=O) groups excluding carboxylic acids is 1. The molecule has 0 spiro atoms. The van der Waals surface area contributed by atoms with Crippen molar-refractivity contribution in [1.82, 2.24) is 9.55 Å². The molecule has 0 aromatic carbocycles. The number of rotatable bonds is 6. The number of aromatic nitrogens is 2. The number of hydrogen-bond acceptors (Lipinski definition) is 3. The lowest BCUT2D eigenvalue weighted by molar-refractivity contribution is -0.117. The van der Waals surface area contributed by atoms with Gasteiger partial charge in [-0.05, 0) is 26.2 Å². The molecule has 0 aliphatic carbocycles. The van der Waals surface area contributed by atoms with Gasteiger partial charge in [-0.2, -0.15) is 0 Å². The van der Waals surface area contributed by atoms with E-state index in [1.54, 1.807) is 0 Å². The number of amides is 1. The van der Waals surface area contributed by atoms with E-state index in [1.807, 2.05) is 13.1 Å². The van der Waals surface area contributed by atoms with E-state index in [0.29, 0.717) is 12.0 Å². The predicted octanol–water partition coefficient (Wildman–Crippen LogP) is 2.94. The lowest BCUT2D eigenvalue weighted by Gasteiger charge is -2.18. The van der Waals surface area contributed by atoms with Crippen LogP contribution in [-0.4, -0.2) is 20.7 Å². The van der Waals surface area contributed by atoms with Crippen molar-refractivity contribution >= 4 is 17.7 Å². The Kier molecular flexibility index (Phi) is 5.26. The molecule has 1 heterocycles. The molecule has 1 aromatic heterocycles. The van der Waals surface area contributed by atoms with Crippen LogP contribution in [0.3, 0.4) is 0 Å². The lowest BCUT2D eigenvalue weighted by Crippen LogP contribution is -2.25. The summed E-state index contributed by atoms with van der Waals surface area (Å²) >= 11 is 1.47. The molecular weight excluding hydrogens is 246 g/mol. The maximum absolute atomic E-state index is 11.3. The molecule has 0 unspecified atom stereocenters. The van der Waals surface area contributed by atoms with Crippen LogP contribution < -0.4 is 5.73 Å². The van der Waals surface area contributed by atoms with E-state index in [2.05, 4.69) is 37.2 Å². The molecular formula is C13H23N3OS. The summed E-state index contributed by atoms with van der Waals surface area (Å²) in [5.41, 5.74) is 6.59. The fraction of sp³-hybridized carbons (Fsp3) is 0.692. The van der Waals surface area contributed by atoms with Crippen LogP contribution in [0.25, 0.3) is 0 Å². The van der Waals surface area contributed by atoms with E-state index in [9.17, 15) is 4.79 Å². The van der Waals surface area contributed by atoms with Crippen molar-refractivity contribution in [1.29, 1.82) is 0 Å². The Morgan fingerprint density at radius 3 is 2.44 bits per heavy atom. The van der Waals surface area contributed by atoms with Crippen LogP contribution in [0.5, 0.6) is 0 Å². The van der Waals surface area contributed by atoms with Crippen molar-refractivity contribution in [3.8, 4) is 0 Å². The van der Waals surface area contributed by atoms with Gasteiger partial charge in [0.2, 0.25) is 5.91 Å². The molecule has 0 aliphatic rings. The van der Waals surface area contributed by atoms with Gasteiger partial charge in [-0.3, -0.25) is 4.79 Å². The van der Waals surface area contributed by atoms with Crippen molar-refractivity contribution in [3.05, 3.63) is 11.9 Å². The van der Waals surface area contributed by atoms with Gasteiger partial charge in [-0.25, -0.2) is 4.98 Å². The number of hydrogen-bond donors (Lipinski definition) is 1. The summed E-state index contributed by atoms with van der Waals surface area (Å²) in [7, 11) is 0. The van der Waals surface area contributed by atoms with Gasteiger partial charge in [0, 0.05) is 17.9 Å². The molecule has 4 nitrogen and oxygen atoms in total. The highest BCUT2D eigenvalue weighted by atomic mass is 32.2. The zero-order valence-electron chi connectivity index (χ0n) is 11.8. The first kappa shape index (κ1) is 15.1. The van der Waals surface area contributed by atoms with Gasteiger partial charge in [0.05, 0.1) is 5.25 Å². The quantitative estimate of drug-likeness (QED) is 0.808. The number of thioether (sulfide) groups is 1. The molecule has 1 atom stereocenters. The van der Waals surface area contributed by atoms with Gasteiger partial charge >= 0.3 is 0 Å². The van der Waals surface area contributed by atoms with Crippen LogP contribution in [0.15, 0.2) is 11.4 Å². The third-order valence-electron chi connectivity index (χ3n) is 2.84. The minimum absolute atomic E-state index is 0.204. The van der Waals surface area contributed by atoms with E-state index >= 15 is 0 Å². The van der Waals surface area contributed by atoms with Crippen molar-refractivity contribution in [3.63, 3.8) is 0 Å². The minimum Gasteiger partial charge on any atom is -0.369 e. The summed E-state index contributed by atoms with van der Waals surface area (Å²) in [6.07, 6.45) is 2.63. The first-order valence-corrected chi connectivity index (χ1v) is 7.29. The highest BCUT2D eigenvalue weighted by Gasteiger charge is 2.21. The van der Waals surface area contributed by atoms with Gasteiger partial charge < -0.3 is 10.3 Å². The molecule has 5 heteroatoms. The molecule has 0 aliphatic heterocycles. The Bertz CT molecular complexity index is 412. The topological polar surface area (TPSA) is 60.9 Å². The van der Waals surface area contributed by atoms with E-state index in [0.717, 1.165) is 11.6 Å². The fourth-order valence-electron chi connectivity index (χ4n) is 1.86. The smallest absolute Gasteiger partial charge is 0.231 e. The minimum atomic E-state index is -0.271. The first-order chi connectivity index (χ1) is 8.38. The molecule has 1 amide bonds. The fourth-order valence-corrected chi connectivity index (χ4v) is 2.94. The Hall–Kier alpha value is -0.970. The third kappa shape index (κ3) is 3.28. The summed E-state index contributed by atoms with van der Waals surface area (Å²) in [6, 6.07) is 0.331. The highest BCUT2D eigenvalue weighted by Crippen LogP contribution is 2.30. The normalized spacial score (nSPS) is 13.3. The number of nitrogens with two attached hydrogens (primary N) is 1. The van der Waals surface area contributed by atoms with Crippen molar-refractivity contribution < 1.29 is 4.79 Å². The van der Waals surface area contributed by atoms with Gasteiger partial charge in [0.15, 0.2) is 5.16 Å². The van der Waals surface area contributed by atoms with Crippen LogP contribution in [0.4, 0.5) is 0 Å². The van der Waals surface area contributed by atoms with Crippen LogP contribution in [0.2, 0.25) is 0 Å².